The minimum absolute atomic E-state index is 0.0576. The Hall–Kier alpha value is -2.68. The fraction of sp³-hybridized carbons (Fsp3) is 0.0588. The van der Waals surface area contributed by atoms with Crippen molar-refractivity contribution in [1.82, 2.24) is 5.10 Å². The molecule has 1 heterocycles. The van der Waals surface area contributed by atoms with E-state index in [-0.39, 0.29) is 5.76 Å². The van der Waals surface area contributed by atoms with Crippen LogP contribution in [0.5, 0.6) is 0 Å². The quantitative estimate of drug-likeness (QED) is 0.524. The van der Waals surface area contributed by atoms with Gasteiger partial charge in [-0.05, 0) is 24.3 Å². The molecule has 2 aromatic carbocycles. The molecule has 0 spiro atoms. The molecule has 0 aliphatic rings. The number of aromatic nitrogens is 2. The summed E-state index contributed by atoms with van der Waals surface area (Å²) in [5.74, 6) is -0.0576. The first kappa shape index (κ1) is 12.4. The van der Waals surface area contributed by atoms with Gasteiger partial charge in [0, 0.05) is 10.5 Å². The summed E-state index contributed by atoms with van der Waals surface area (Å²) in [6, 6.07) is 17.2. The molecule has 0 N–H and O–H groups in total. The van der Waals surface area contributed by atoms with Crippen LogP contribution < -0.4 is 9.79 Å². The second-order valence-corrected chi connectivity index (χ2v) is 4.64. The largest absolute Gasteiger partial charge is 0.868 e. The van der Waals surface area contributed by atoms with E-state index >= 15 is 0 Å². The van der Waals surface area contributed by atoms with Crippen LogP contribution in [0.25, 0.3) is 22.7 Å². The van der Waals surface area contributed by atoms with Gasteiger partial charge in [0.1, 0.15) is 5.69 Å². The van der Waals surface area contributed by atoms with Gasteiger partial charge in [0.25, 0.3) is 0 Å². The maximum absolute atomic E-state index is 12.1. The van der Waals surface area contributed by atoms with E-state index in [2.05, 4.69) is 5.10 Å². The number of hydrogen-bond acceptors (Lipinski definition) is 2. The molecule has 3 heteroatoms. The second-order valence-electron chi connectivity index (χ2n) is 4.64. The van der Waals surface area contributed by atoms with E-state index in [0.717, 1.165) is 16.5 Å². The van der Waals surface area contributed by atoms with E-state index < -0.39 is 0 Å². The summed E-state index contributed by atoms with van der Waals surface area (Å²) in [4.78, 5) is 0. The Labute approximate surface area is 117 Å². The molecular weight excluding hydrogens is 248 g/mol. The highest BCUT2D eigenvalue weighted by molar-refractivity contribution is 5.82. The predicted molar refractivity (Wildman–Crippen MR) is 77.3 cm³/mol. The minimum Gasteiger partial charge on any atom is -0.868 e. The maximum atomic E-state index is 12.1. The molecule has 0 fully saturated rings. The van der Waals surface area contributed by atoms with Crippen molar-refractivity contribution in [3.8, 4) is 0 Å². The van der Waals surface area contributed by atoms with Gasteiger partial charge in [-0.25, -0.2) is 0 Å². The molecule has 3 aromatic rings. The number of nitrogens with zero attached hydrogens (tertiary/aromatic N) is 2. The zero-order valence-corrected chi connectivity index (χ0v) is 11.2. The fourth-order valence-corrected chi connectivity index (χ4v) is 2.20. The number of aryl methyl sites for hydroxylation is 1. The highest BCUT2D eigenvalue weighted by atomic mass is 16.3. The van der Waals surface area contributed by atoms with Crippen LogP contribution in [0.1, 0.15) is 11.3 Å². The molecule has 0 aliphatic carbocycles. The first-order valence-corrected chi connectivity index (χ1v) is 6.46. The summed E-state index contributed by atoms with van der Waals surface area (Å²) in [5, 5.41) is 18.7. The Morgan fingerprint density at radius 2 is 1.75 bits per heavy atom. The van der Waals surface area contributed by atoms with Crippen LogP contribution in [0, 0.1) is 6.92 Å². The van der Waals surface area contributed by atoms with Crippen molar-refractivity contribution in [2.24, 2.45) is 0 Å². The average molecular weight is 262 g/mol. The molecule has 0 atom stereocenters. The van der Waals surface area contributed by atoms with E-state index in [1.807, 2.05) is 55.6 Å². The van der Waals surface area contributed by atoms with Crippen LogP contribution >= 0.6 is 0 Å². The molecule has 0 aliphatic heterocycles. The topological polar surface area (TPSA) is 39.8 Å². The lowest BCUT2D eigenvalue weighted by Crippen LogP contribution is -2.33. The Morgan fingerprint density at radius 3 is 2.55 bits per heavy atom. The molecule has 3 rings (SSSR count). The van der Waals surface area contributed by atoms with Crippen LogP contribution in [0.4, 0.5) is 0 Å². The third kappa shape index (κ3) is 2.38. The Bertz CT molecular complexity index is 779. The van der Waals surface area contributed by atoms with Crippen LogP contribution in [0.3, 0.4) is 0 Å². The smallest absolute Gasteiger partial charge is 0.210 e. The van der Waals surface area contributed by atoms with Gasteiger partial charge in [0.15, 0.2) is 6.20 Å². The van der Waals surface area contributed by atoms with Gasteiger partial charge in [-0.3, -0.25) is 0 Å². The third-order valence-electron chi connectivity index (χ3n) is 3.20. The third-order valence-corrected chi connectivity index (χ3v) is 3.20. The van der Waals surface area contributed by atoms with Gasteiger partial charge in [0.2, 0.25) is 6.20 Å². The van der Waals surface area contributed by atoms with Gasteiger partial charge in [-0.1, -0.05) is 53.2 Å². The summed E-state index contributed by atoms with van der Waals surface area (Å²) in [6.07, 6.45) is 3.37. The fourth-order valence-electron chi connectivity index (χ4n) is 2.20. The van der Waals surface area contributed by atoms with Crippen LogP contribution in [-0.2, 0) is 0 Å². The van der Waals surface area contributed by atoms with Crippen LogP contribution in [0.2, 0.25) is 0 Å². The van der Waals surface area contributed by atoms with Gasteiger partial charge < -0.3 is 5.11 Å². The molecule has 0 amide bonds. The van der Waals surface area contributed by atoms with E-state index in [0.29, 0.717) is 5.56 Å². The highest BCUT2D eigenvalue weighted by Crippen LogP contribution is 2.13. The van der Waals surface area contributed by atoms with Crippen molar-refractivity contribution in [2.45, 2.75) is 6.92 Å². The van der Waals surface area contributed by atoms with Crippen LogP contribution in [0.15, 0.2) is 60.8 Å². The minimum atomic E-state index is -0.0576. The lowest BCUT2D eigenvalue weighted by molar-refractivity contribution is -0.634. The standard InChI is InChI=1S/C17H14N2O/c1-13-16-10-6-5-9-15(16)11-19(18-13)12-17(20)14-7-3-2-4-8-14/h2-12H,1H3. The predicted octanol–water partition coefficient (Wildman–Crippen LogP) is 2.15. The van der Waals surface area contributed by atoms with E-state index in [4.69, 9.17) is 0 Å². The number of benzene rings is 2. The summed E-state index contributed by atoms with van der Waals surface area (Å²) in [5.41, 5.74) is 1.56. The highest BCUT2D eigenvalue weighted by Gasteiger charge is 2.06. The summed E-state index contributed by atoms with van der Waals surface area (Å²) in [7, 11) is 0. The Balaban J connectivity index is 2.07. The zero-order valence-electron chi connectivity index (χ0n) is 11.2. The van der Waals surface area contributed by atoms with Gasteiger partial charge >= 0.3 is 0 Å². The number of fused-ring (bicyclic) bond motifs is 1. The van der Waals surface area contributed by atoms with E-state index in [9.17, 15) is 5.11 Å². The SMILES string of the molecule is Cc1n[n+](/C=C(\[O-])c2ccccc2)cc2ccccc12. The molecule has 98 valence electrons. The van der Waals surface area contributed by atoms with Crippen molar-refractivity contribution >= 4 is 22.7 Å². The van der Waals surface area contributed by atoms with Crippen molar-refractivity contribution in [1.29, 1.82) is 0 Å². The van der Waals surface area contributed by atoms with Gasteiger partial charge in [0.05, 0.1) is 5.39 Å². The molecule has 0 bridgehead atoms. The van der Waals surface area contributed by atoms with E-state index in [1.165, 1.54) is 6.20 Å². The van der Waals surface area contributed by atoms with E-state index in [1.54, 1.807) is 16.8 Å². The first-order chi connectivity index (χ1) is 9.74. The van der Waals surface area contributed by atoms with Crippen LogP contribution in [-0.4, -0.2) is 5.10 Å². The monoisotopic (exact) mass is 262 g/mol. The normalized spacial score (nSPS) is 11.8. The van der Waals surface area contributed by atoms with Gasteiger partial charge in [-0.2, -0.15) is 0 Å². The molecule has 0 saturated carbocycles. The average Bonchev–Trinajstić information content (AvgIpc) is 2.48. The molecule has 0 radical (unpaired) electrons. The summed E-state index contributed by atoms with van der Waals surface area (Å²) < 4.78 is 1.59. The van der Waals surface area contributed by atoms with Gasteiger partial charge in [-0.15, -0.1) is 0 Å². The molecule has 0 unspecified atom stereocenters. The molecule has 3 nitrogen and oxygen atoms in total. The Kier molecular flexibility index (Phi) is 3.17. The number of rotatable bonds is 2. The van der Waals surface area contributed by atoms with Crippen molar-refractivity contribution in [3.05, 3.63) is 72.1 Å². The van der Waals surface area contributed by atoms with Crippen molar-refractivity contribution < 1.29 is 9.79 Å². The molecular formula is C17H14N2O. The second kappa shape index (κ2) is 5.13. The maximum Gasteiger partial charge on any atom is 0.210 e. The summed E-state index contributed by atoms with van der Waals surface area (Å²) >= 11 is 0. The molecule has 0 saturated heterocycles. The number of hydrogen-bond donors (Lipinski definition) is 0. The van der Waals surface area contributed by atoms with Crippen molar-refractivity contribution in [3.63, 3.8) is 0 Å². The first-order valence-electron chi connectivity index (χ1n) is 6.46. The molecule has 1 aromatic heterocycles. The lowest BCUT2D eigenvalue weighted by Gasteiger charge is -2.08. The summed E-state index contributed by atoms with van der Waals surface area (Å²) in [6.45, 7) is 1.94. The Morgan fingerprint density at radius 1 is 1.05 bits per heavy atom. The van der Waals surface area contributed by atoms with Crippen molar-refractivity contribution in [2.75, 3.05) is 0 Å². The molecule has 20 heavy (non-hydrogen) atoms. The lowest BCUT2D eigenvalue weighted by atomic mass is 10.1. The zero-order chi connectivity index (χ0) is 13.9.